The Labute approximate surface area is 193 Å². The molecule has 0 saturated carbocycles. The van der Waals surface area contributed by atoms with Crippen molar-refractivity contribution in [3.8, 4) is 11.5 Å². The Balaban J connectivity index is 1.58. The lowest BCUT2D eigenvalue weighted by molar-refractivity contribution is 0.0718. The van der Waals surface area contributed by atoms with E-state index in [2.05, 4.69) is 0 Å². The molecule has 0 fully saturated rings. The molecular formula is C25H12F6O4. The predicted molar refractivity (Wildman–Crippen MR) is 111 cm³/mol. The third-order valence-electron chi connectivity index (χ3n) is 5.04. The van der Waals surface area contributed by atoms with Crippen molar-refractivity contribution >= 4 is 22.7 Å². The van der Waals surface area contributed by atoms with E-state index in [1.165, 1.54) is 30.3 Å². The maximum atomic E-state index is 13.9. The molecule has 0 spiro atoms. The summed E-state index contributed by atoms with van der Waals surface area (Å²) in [5.74, 6) is -12.5. The number of fused-ring (bicyclic) bond motifs is 1. The largest absolute Gasteiger partial charge is 0.423 e. The van der Waals surface area contributed by atoms with Gasteiger partial charge in [-0.3, -0.25) is 0 Å². The second-order valence-corrected chi connectivity index (χ2v) is 7.35. The molecule has 0 saturated heterocycles. The van der Waals surface area contributed by atoms with Crippen LogP contribution < -0.4 is 9.47 Å². The van der Waals surface area contributed by atoms with Gasteiger partial charge in [-0.1, -0.05) is 6.07 Å². The van der Waals surface area contributed by atoms with Crippen LogP contribution in [0.4, 0.5) is 26.3 Å². The Morgan fingerprint density at radius 1 is 0.600 bits per heavy atom. The number of halogens is 6. The van der Waals surface area contributed by atoms with Gasteiger partial charge in [0.25, 0.3) is 0 Å². The first-order valence-corrected chi connectivity index (χ1v) is 9.82. The third kappa shape index (κ3) is 4.54. The first-order valence-electron chi connectivity index (χ1n) is 9.82. The third-order valence-corrected chi connectivity index (χ3v) is 5.04. The SMILES string of the molecule is Cc1cc(OC(=O)c2ccc(F)c(F)c2F)cc2ccc(OC(=O)c3ccc(F)c(F)c3F)cc12. The van der Waals surface area contributed by atoms with E-state index in [1.54, 1.807) is 6.92 Å². The van der Waals surface area contributed by atoms with Crippen molar-refractivity contribution in [1.29, 1.82) is 0 Å². The van der Waals surface area contributed by atoms with Crippen molar-refractivity contribution in [2.24, 2.45) is 0 Å². The molecule has 0 heterocycles. The second-order valence-electron chi connectivity index (χ2n) is 7.35. The van der Waals surface area contributed by atoms with Crippen LogP contribution in [0.2, 0.25) is 0 Å². The maximum Gasteiger partial charge on any atom is 0.346 e. The number of esters is 2. The van der Waals surface area contributed by atoms with E-state index < -0.39 is 58.0 Å². The molecule has 0 aliphatic heterocycles. The molecule has 4 rings (SSSR count). The summed E-state index contributed by atoms with van der Waals surface area (Å²) < 4.78 is 90.9. The normalized spacial score (nSPS) is 10.9. The van der Waals surface area contributed by atoms with Crippen LogP contribution in [0.1, 0.15) is 26.3 Å². The van der Waals surface area contributed by atoms with Gasteiger partial charge < -0.3 is 9.47 Å². The van der Waals surface area contributed by atoms with Crippen LogP contribution in [0.25, 0.3) is 10.8 Å². The number of rotatable bonds is 4. The van der Waals surface area contributed by atoms with E-state index in [9.17, 15) is 35.9 Å². The van der Waals surface area contributed by atoms with Gasteiger partial charge in [0.2, 0.25) is 0 Å². The monoisotopic (exact) mass is 490 g/mol. The molecule has 0 amide bonds. The van der Waals surface area contributed by atoms with E-state index in [-0.39, 0.29) is 11.5 Å². The summed E-state index contributed by atoms with van der Waals surface area (Å²) in [7, 11) is 0. The summed E-state index contributed by atoms with van der Waals surface area (Å²) in [4.78, 5) is 24.5. The van der Waals surface area contributed by atoms with Crippen molar-refractivity contribution in [1.82, 2.24) is 0 Å². The molecule has 35 heavy (non-hydrogen) atoms. The molecular weight excluding hydrogens is 478 g/mol. The van der Waals surface area contributed by atoms with Gasteiger partial charge in [0.1, 0.15) is 11.5 Å². The lowest BCUT2D eigenvalue weighted by Gasteiger charge is -2.11. The van der Waals surface area contributed by atoms with Gasteiger partial charge in [-0.2, -0.15) is 0 Å². The molecule has 4 aromatic rings. The smallest absolute Gasteiger partial charge is 0.346 e. The number of hydrogen-bond donors (Lipinski definition) is 0. The fraction of sp³-hybridized carbons (Fsp3) is 0.0400. The molecule has 10 heteroatoms. The highest BCUT2D eigenvalue weighted by molar-refractivity contribution is 5.94. The molecule has 4 aromatic carbocycles. The summed E-state index contributed by atoms with van der Waals surface area (Å²) >= 11 is 0. The zero-order chi connectivity index (χ0) is 25.4. The lowest BCUT2D eigenvalue weighted by atomic mass is 10.0. The first kappa shape index (κ1) is 23.8. The van der Waals surface area contributed by atoms with Crippen LogP contribution in [0.3, 0.4) is 0 Å². The van der Waals surface area contributed by atoms with Gasteiger partial charge in [-0.15, -0.1) is 0 Å². The fourth-order valence-electron chi connectivity index (χ4n) is 3.30. The highest BCUT2D eigenvalue weighted by atomic mass is 19.2. The lowest BCUT2D eigenvalue weighted by Crippen LogP contribution is -2.13. The molecule has 0 N–H and O–H groups in total. The number of aryl methyl sites for hydroxylation is 1. The van der Waals surface area contributed by atoms with Gasteiger partial charge in [-0.05, 0) is 71.8 Å². The maximum absolute atomic E-state index is 13.9. The number of ether oxygens (including phenoxy) is 2. The summed E-state index contributed by atoms with van der Waals surface area (Å²) in [5, 5.41) is 0.997. The van der Waals surface area contributed by atoms with Gasteiger partial charge in [0.15, 0.2) is 34.9 Å². The Morgan fingerprint density at radius 3 is 1.66 bits per heavy atom. The molecule has 0 aliphatic carbocycles. The Hall–Kier alpha value is -4.34. The Bertz CT molecular complexity index is 1520. The molecule has 178 valence electrons. The fourth-order valence-corrected chi connectivity index (χ4v) is 3.30. The van der Waals surface area contributed by atoms with Crippen molar-refractivity contribution in [3.63, 3.8) is 0 Å². The molecule has 4 nitrogen and oxygen atoms in total. The van der Waals surface area contributed by atoms with Crippen LogP contribution >= 0.6 is 0 Å². The van der Waals surface area contributed by atoms with E-state index in [4.69, 9.17) is 9.47 Å². The van der Waals surface area contributed by atoms with E-state index in [1.807, 2.05) is 0 Å². The summed E-state index contributed by atoms with van der Waals surface area (Å²) in [6.07, 6.45) is 0. The first-order chi connectivity index (χ1) is 16.6. The summed E-state index contributed by atoms with van der Waals surface area (Å²) in [5.41, 5.74) is -1.09. The van der Waals surface area contributed by atoms with E-state index >= 15 is 0 Å². The van der Waals surface area contributed by atoms with Crippen molar-refractivity contribution < 1.29 is 45.4 Å². The van der Waals surface area contributed by atoms with Crippen LogP contribution in [0.5, 0.6) is 11.5 Å². The number of hydrogen-bond acceptors (Lipinski definition) is 4. The van der Waals surface area contributed by atoms with Crippen LogP contribution in [0, 0.1) is 41.8 Å². The highest BCUT2D eigenvalue weighted by Gasteiger charge is 2.22. The highest BCUT2D eigenvalue weighted by Crippen LogP contribution is 2.30. The van der Waals surface area contributed by atoms with E-state index in [0.717, 1.165) is 12.1 Å². The van der Waals surface area contributed by atoms with Gasteiger partial charge in [0.05, 0.1) is 11.1 Å². The predicted octanol–water partition coefficient (Wildman–Crippen LogP) is 6.42. The van der Waals surface area contributed by atoms with Crippen LogP contribution in [-0.4, -0.2) is 11.9 Å². The zero-order valence-corrected chi connectivity index (χ0v) is 17.6. The van der Waals surface area contributed by atoms with Crippen LogP contribution in [-0.2, 0) is 0 Å². The minimum Gasteiger partial charge on any atom is -0.423 e. The molecule has 0 radical (unpaired) electrons. The molecule has 0 bridgehead atoms. The minimum atomic E-state index is -1.81. The standard InChI is InChI=1S/C25H12F6O4/c1-11-8-14(35-25(33)16-5-7-19(27)23(31)21(16)29)9-12-2-3-13(10-17(11)12)34-24(32)15-4-6-18(26)22(30)20(15)28/h2-10H,1H3. The van der Waals surface area contributed by atoms with Crippen molar-refractivity contribution in [2.45, 2.75) is 6.92 Å². The average molecular weight is 490 g/mol. The number of carbonyl (C=O) groups excluding carboxylic acids is 2. The number of carbonyl (C=O) groups is 2. The van der Waals surface area contributed by atoms with Gasteiger partial charge >= 0.3 is 11.9 Å². The van der Waals surface area contributed by atoms with Crippen LogP contribution in [0.15, 0.2) is 54.6 Å². The summed E-state index contributed by atoms with van der Waals surface area (Å²) in [6, 6.07) is 9.64. The topological polar surface area (TPSA) is 52.6 Å². The molecule has 0 aromatic heterocycles. The van der Waals surface area contributed by atoms with Gasteiger partial charge in [0, 0.05) is 0 Å². The minimum absolute atomic E-state index is 0.0299. The summed E-state index contributed by atoms with van der Waals surface area (Å²) in [6.45, 7) is 1.61. The average Bonchev–Trinajstić information content (AvgIpc) is 2.81. The van der Waals surface area contributed by atoms with Crippen molar-refractivity contribution in [3.05, 3.63) is 106 Å². The molecule has 0 aliphatic rings. The van der Waals surface area contributed by atoms with E-state index in [0.29, 0.717) is 28.5 Å². The quantitative estimate of drug-likeness (QED) is 0.143. The second kappa shape index (κ2) is 9.13. The Morgan fingerprint density at radius 2 is 1.11 bits per heavy atom. The number of benzene rings is 4. The molecule has 0 unspecified atom stereocenters. The van der Waals surface area contributed by atoms with Gasteiger partial charge in [-0.25, -0.2) is 35.9 Å². The Kier molecular flexibility index (Phi) is 6.21. The molecule has 0 atom stereocenters. The van der Waals surface area contributed by atoms with Crippen molar-refractivity contribution in [2.75, 3.05) is 0 Å². The zero-order valence-electron chi connectivity index (χ0n) is 17.6.